The molecule has 5 nitrogen and oxygen atoms in total. The van der Waals surface area contributed by atoms with Gasteiger partial charge in [0.25, 0.3) is 0 Å². The van der Waals surface area contributed by atoms with Gasteiger partial charge in [-0.2, -0.15) is 0 Å². The van der Waals surface area contributed by atoms with Gasteiger partial charge in [0.15, 0.2) is 0 Å². The van der Waals surface area contributed by atoms with Crippen LogP contribution in [0.15, 0.2) is 30.3 Å². The van der Waals surface area contributed by atoms with Gasteiger partial charge in [0.1, 0.15) is 0 Å². The number of likely N-dealkylation sites (tertiary alicyclic amines) is 1. The third-order valence-electron chi connectivity index (χ3n) is 3.54. The number of carboxylic acid groups (broad SMARTS) is 1. The van der Waals surface area contributed by atoms with Gasteiger partial charge in [0, 0.05) is 19.5 Å². The maximum absolute atomic E-state index is 12.1. The number of carbonyl (C=O) groups is 2. The van der Waals surface area contributed by atoms with Crippen molar-refractivity contribution in [1.29, 1.82) is 0 Å². The smallest absolute Gasteiger partial charge is 0.317 e. The molecule has 20 heavy (non-hydrogen) atoms. The Bertz CT molecular complexity index is 461. The number of carbonyl (C=O) groups excluding carboxylic acids is 1. The van der Waals surface area contributed by atoms with Gasteiger partial charge in [-0.15, -0.1) is 0 Å². The van der Waals surface area contributed by atoms with Gasteiger partial charge in [0.05, 0.1) is 6.04 Å². The van der Waals surface area contributed by atoms with E-state index in [1.807, 2.05) is 35.2 Å². The highest BCUT2D eigenvalue weighted by Crippen LogP contribution is 2.31. The molecule has 2 rings (SSSR count). The van der Waals surface area contributed by atoms with Crippen LogP contribution in [-0.4, -0.2) is 35.1 Å². The molecular weight excluding hydrogens is 256 g/mol. The van der Waals surface area contributed by atoms with E-state index in [1.54, 1.807) is 0 Å². The number of nitrogens with one attached hydrogen (secondary N) is 1. The molecule has 1 heterocycles. The predicted molar refractivity (Wildman–Crippen MR) is 75.4 cm³/mol. The van der Waals surface area contributed by atoms with Gasteiger partial charge < -0.3 is 15.3 Å². The number of benzene rings is 1. The van der Waals surface area contributed by atoms with Crippen molar-refractivity contribution >= 4 is 12.0 Å². The quantitative estimate of drug-likeness (QED) is 0.811. The first kappa shape index (κ1) is 14.4. The molecule has 1 aliphatic rings. The van der Waals surface area contributed by atoms with Crippen molar-refractivity contribution in [2.24, 2.45) is 0 Å². The number of rotatable bonds is 5. The fraction of sp³-hybridized carbons (Fsp3) is 0.467. The van der Waals surface area contributed by atoms with Gasteiger partial charge in [-0.25, -0.2) is 4.79 Å². The van der Waals surface area contributed by atoms with E-state index in [0.29, 0.717) is 13.0 Å². The van der Waals surface area contributed by atoms with Gasteiger partial charge in [-0.1, -0.05) is 30.3 Å². The van der Waals surface area contributed by atoms with Crippen LogP contribution in [0.4, 0.5) is 4.79 Å². The fourth-order valence-electron chi connectivity index (χ4n) is 2.57. The van der Waals surface area contributed by atoms with Crippen LogP contribution in [0.25, 0.3) is 0 Å². The number of urea groups is 1. The molecule has 108 valence electrons. The zero-order valence-electron chi connectivity index (χ0n) is 11.4. The number of nitrogens with zero attached hydrogens (tertiary/aromatic N) is 1. The van der Waals surface area contributed by atoms with Crippen molar-refractivity contribution in [1.82, 2.24) is 10.2 Å². The van der Waals surface area contributed by atoms with Gasteiger partial charge >= 0.3 is 12.0 Å². The molecule has 0 saturated carbocycles. The highest BCUT2D eigenvalue weighted by molar-refractivity contribution is 5.75. The summed E-state index contributed by atoms with van der Waals surface area (Å²) in [7, 11) is 0. The lowest BCUT2D eigenvalue weighted by molar-refractivity contribution is -0.137. The lowest BCUT2D eigenvalue weighted by atomic mass is 10.1. The van der Waals surface area contributed by atoms with Crippen molar-refractivity contribution in [3.63, 3.8) is 0 Å². The van der Waals surface area contributed by atoms with E-state index in [0.717, 1.165) is 24.9 Å². The van der Waals surface area contributed by atoms with E-state index in [2.05, 4.69) is 5.32 Å². The molecule has 0 aromatic heterocycles. The molecule has 0 bridgehead atoms. The highest BCUT2D eigenvalue weighted by Gasteiger charge is 2.29. The van der Waals surface area contributed by atoms with Crippen molar-refractivity contribution in [2.75, 3.05) is 13.1 Å². The summed E-state index contributed by atoms with van der Waals surface area (Å²) in [5.74, 6) is -0.831. The van der Waals surface area contributed by atoms with Crippen LogP contribution in [0.5, 0.6) is 0 Å². The molecule has 2 N–H and O–H groups in total. The minimum atomic E-state index is -0.831. The van der Waals surface area contributed by atoms with E-state index in [-0.39, 0.29) is 18.5 Å². The summed E-state index contributed by atoms with van der Waals surface area (Å²) >= 11 is 0. The number of hydrogen-bond donors (Lipinski definition) is 2. The number of carboxylic acids is 1. The average molecular weight is 276 g/mol. The zero-order chi connectivity index (χ0) is 14.4. The minimum Gasteiger partial charge on any atom is -0.481 e. The first-order chi connectivity index (χ1) is 9.68. The monoisotopic (exact) mass is 276 g/mol. The summed E-state index contributed by atoms with van der Waals surface area (Å²) < 4.78 is 0. The van der Waals surface area contributed by atoms with Crippen molar-refractivity contribution in [3.8, 4) is 0 Å². The standard InChI is InChI=1S/C15H20N2O3/c18-14(19)9-4-10-16-15(20)17-11-5-8-13(17)12-6-2-1-3-7-12/h1-3,6-7,13H,4-5,8-11H2,(H,16,20)(H,18,19). The lowest BCUT2D eigenvalue weighted by Gasteiger charge is -2.25. The predicted octanol–water partition coefficient (Wildman–Crippen LogP) is 2.40. The van der Waals surface area contributed by atoms with Gasteiger partial charge in [0.2, 0.25) is 0 Å². The van der Waals surface area contributed by atoms with E-state index >= 15 is 0 Å². The molecular formula is C15H20N2O3. The molecule has 0 radical (unpaired) electrons. The minimum absolute atomic E-state index is 0.0857. The molecule has 1 aliphatic heterocycles. The second kappa shape index (κ2) is 6.93. The molecule has 1 unspecified atom stereocenters. The zero-order valence-corrected chi connectivity index (χ0v) is 11.4. The first-order valence-corrected chi connectivity index (χ1v) is 6.99. The molecule has 1 saturated heterocycles. The van der Waals surface area contributed by atoms with Crippen LogP contribution in [-0.2, 0) is 4.79 Å². The van der Waals surface area contributed by atoms with Crippen LogP contribution >= 0.6 is 0 Å². The normalized spacial score (nSPS) is 18.0. The van der Waals surface area contributed by atoms with Gasteiger partial charge in [-0.05, 0) is 24.8 Å². The SMILES string of the molecule is O=C(O)CCCNC(=O)N1CCCC1c1ccccc1. The van der Waals surface area contributed by atoms with Crippen molar-refractivity contribution < 1.29 is 14.7 Å². The second-order valence-corrected chi connectivity index (χ2v) is 4.99. The number of amides is 2. The third kappa shape index (κ3) is 3.73. The first-order valence-electron chi connectivity index (χ1n) is 6.99. The Balaban J connectivity index is 1.87. The molecule has 0 aliphatic carbocycles. The molecule has 5 heteroatoms. The summed E-state index contributed by atoms with van der Waals surface area (Å²) in [6.07, 6.45) is 2.53. The van der Waals surface area contributed by atoms with Crippen LogP contribution in [0.1, 0.15) is 37.3 Å². The Hall–Kier alpha value is -2.04. The molecule has 1 fully saturated rings. The summed E-state index contributed by atoms with van der Waals surface area (Å²) in [5, 5.41) is 11.4. The topological polar surface area (TPSA) is 69.6 Å². The summed E-state index contributed by atoms with van der Waals surface area (Å²) in [5.41, 5.74) is 1.16. The van der Waals surface area contributed by atoms with Gasteiger partial charge in [-0.3, -0.25) is 4.79 Å². The summed E-state index contributed by atoms with van der Waals surface area (Å²) in [6.45, 7) is 1.16. The third-order valence-corrected chi connectivity index (χ3v) is 3.54. The van der Waals surface area contributed by atoms with E-state index in [4.69, 9.17) is 5.11 Å². The lowest BCUT2D eigenvalue weighted by Crippen LogP contribution is -2.39. The number of aliphatic carboxylic acids is 1. The van der Waals surface area contributed by atoms with E-state index in [1.165, 1.54) is 0 Å². The molecule has 1 atom stereocenters. The number of hydrogen-bond acceptors (Lipinski definition) is 2. The van der Waals surface area contributed by atoms with E-state index < -0.39 is 5.97 Å². The van der Waals surface area contributed by atoms with Crippen LogP contribution in [0.3, 0.4) is 0 Å². The Kier molecular flexibility index (Phi) is 4.98. The Morgan fingerprint density at radius 3 is 2.75 bits per heavy atom. The summed E-state index contributed by atoms with van der Waals surface area (Å²) in [6, 6.07) is 10.1. The largest absolute Gasteiger partial charge is 0.481 e. The Morgan fingerprint density at radius 2 is 2.05 bits per heavy atom. The van der Waals surface area contributed by atoms with Crippen LogP contribution in [0, 0.1) is 0 Å². The molecule has 2 amide bonds. The van der Waals surface area contributed by atoms with Crippen LogP contribution < -0.4 is 5.32 Å². The van der Waals surface area contributed by atoms with E-state index in [9.17, 15) is 9.59 Å². The van der Waals surface area contributed by atoms with Crippen LogP contribution in [0.2, 0.25) is 0 Å². The highest BCUT2D eigenvalue weighted by atomic mass is 16.4. The Labute approximate surface area is 118 Å². The molecule has 1 aromatic rings. The summed E-state index contributed by atoms with van der Waals surface area (Å²) in [4.78, 5) is 24.4. The van der Waals surface area contributed by atoms with Crippen molar-refractivity contribution in [2.45, 2.75) is 31.7 Å². The maximum Gasteiger partial charge on any atom is 0.317 e. The second-order valence-electron chi connectivity index (χ2n) is 4.99. The Morgan fingerprint density at radius 1 is 1.30 bits per heavy atom. The van der Waals surface area contributed by atoms with Crippen molar-refractivity contribution in [3.05, 3.63) is 35.9 Å². The molecule has 0 spiro atoms. The average Bonchev–Trinajstić information content (AvgIpc) is 2.93. The fourth-order valence-corrected chi connectivity index (χ4v) is 2.57. The maximum atomic E-state index is 12.1. The molecule has 1 aromatic carbocycles.